The molecule has 0 spiro atoms. The van der Waals surface area contributed by atoms with Gasteiger partial charge in [-0.05, 0) is 12.2 Å². The van der Waals surface area contributed by atoms with E-state index < -0.39 is 0 Å². The van der Waals surface area contributed by atoms with E-state index in [1.165, 1.54) is 12.2 Å². The molecule has 1 unspecified atom stereocenters. The summed E-state index contributed by atoms with van der Waals surface area (Å²) in [6.45, 7) is 0.543. The highest BCUT2D eigenvalue weighted by Gasteiger charge is 2.17. The monoisotopic (exact) mass is 214 g/mol. The zero-order valence-corrected chi connectivity index (χ0v) is 8.72. The molecule has 78 valence electrons. The first-order valence-electron chi connectivity index (χ1n) is 4.75. The highest BCUT2D eigenvalue weighted by atomic mass is 32.2. The van der Waals surface area contributed by atoms with Gasteiger partial charge in [0.25, 0.3) is 0 Å². The van der Waals surface area contributed by atoms with Crippen molar-refractivity contribution in [1.82, 2.24) is 10.2 Å². The third-order valence-electron chi connectivity index (χ3n) is 2.08. The fraction of sp³-hybridized carbons (Fsp3) is 0.750. The Morgan fingerprint density at radius 1 is 1.57 bits per heavy atom. The lowest BCUT2D eigenvalue weighted by atomic mass is 10.3. The van der Waals surface area contributed by atoms with Gasteiger partial charge in [-0.2, -0.15) is 11.8 Å². The smallest absolute Gasteiger partial charge is 0.315 e. The van der Waals surface area contributed by atoms with E-state index in [2.05, 4.69) is 15.5 Å². The quantitative estimate of drug-likeness (QED) is 0.759. The topological polar surface area (TPSA) is 77.0 Å². The lowest BCUT2D eigenvalue weighted by Gasteiger charge is -2.06. The molecule has 1 aromatic heterocycles. The number of hydrogen-bond donors (Lipinski definition) is 2. The molecule has 1 aliphatic heterocycles. The van der Waals surface area contributed by atoms with Crippen LogP contribution >= 0.6 is 11.8 Å². The van der Waals surface area contributed by atoms with Gasteiger partial charge in [0.15, 0.2) is 0 Å². The zero-order chi connectivity index (χ0) is 9.80. The fourth-order valence-electron chi connectivity index (χ4n) is 1.36. The minimum atomic E-state index is 0.478. The maximum atomic E-state index is 5.38. The number of thioether (sulfide) groups is 1. The summed E-state index contributed by atoms with van der Waals surface area (Å²) >= 11 is 1.95. The fourth-order valence-corrected chi connectivity index (χ4v) is 2.51. The molecular weight excluding hydrogens is 200 g/mol. The lowest BCUT2D eigenvalue weighted by Crippen LogP contribution is -2.18. The van der Waals surface area contributed by atoms with Crippen LogP contribution in [-0.2, 0) is 6.42 Å². The van der Waals surface area contributed by atoms with Gasteiger partial charge in [0.1, 0.15) is 0 Å². The van der Waals surface area contributed by atoms with Crippen LogP contribution in [0.2, 0.25) is 0 Å². The Morgan fingerprint density at radius 2 is 2.50 bits per heavy atom. The number of nitrogens with two attached hydrogens (primary N) is 1. The molecule has 2 heterocycles. The van der Waals surface area contributed by atoms with Gasteiger partial charge in [-0.25, -0.2) is 0 Å². The molecule has 1 aliphatic rings. The van der Waals surface area contributed by atoms with Crippen molar-refractivity contribution < 1.29 is 4.42 Å². The average molecular weight is 214 g/mol. The SMILES string of the molecule is NCCc1nnc(NC2CCSC2)o1. The van der Waals surface area contributed by atoms with Crippen molar-refractivity contribution in [3.05, 3.63) is 5.89 Å². The second-order valence-corrected chi connectivity index (χ2v) is 4.39. The van der Waals surface area contributed by atoms with Crippen LogP contribution < -0.4 is 11.1 Å². The third kappa shape index (κ3) is 2.39. The molecule has 0 aromatic carbocycles. The Hall–Kier alpha value is -0.750. The standard InChI is InChI=1S/C8H14N4OS/c9-3-1-7-11-12-8(13-7)10-6-2-4-14-5-6/h6H,1-5,9H2,(H,10,12). The summed E-state index contributed by atoms with van der Waals surface area (Å²) in [6, 6.07) is 1.01. The molecule has 1 fully saturated rings. The maximum absolute atomic E-state index is 5.38. The van der Waals surface area contributed by atoms with E-state index in [4.69, 9.17) is 10.2 Å². The van der Waals surface area contributed by atoms with E-state index in [0.717, 1.165) is 5.75 Å². The van der Waals surface area contributed by atoms with Crippen LogP contribution in [0.5, 0.6) is 0 Å². The number of hydrogen-bond acceptors (Lipinski definition) is 6. The first kappa shape index (κ1) is 9.79. The normalized spacial score (nSPS) is 21.4. The summed E-state index contributed by atoms with van der Waals surface area (Å²) in [5.74, 6) is 2.94. The second kappa shape index (κ2) is 4.65. The van der Waals surface area contributed by atoms with Gasteiger partial charge in [-0.1, -0.05) is 5.10 Å². The summed E-state index contributed by atoms with van der Waals surface area (Å²) in [6.07, 6.45) is 1.81. The molecule has 14 heavy (non-hydrogen) atoms. The van der Waals surface area contributed by atoms with E-state index in [-0.39, 0.29) is 0 Å². The molecule has 6 heteroatoms. The molecule has 3 N–H and O–H groups in total. The van der Waals surface area contributed by atoms with Gasteiger partial charge in [-0.3, -0.25) is 0 Å². The number of anilines is 1. The molecule has 0 bridgehead atoms. The van der Waals surface area contributed by atoms with E-state index in [1.54, 1.807) is 0 Å². The van der Waals surface area contributed by atoms with Gasteiger partial charge in [0.05, 0.1) is 0 Å². The van der Waals surface area contributed by atoms with Gasteiger partial charge in [0.2, 0.25) is 5.89 Å². The second-order valence-electron chi connectivity index (χ2n) is 3.24. The predicted molar refractivity (Wildman–Crippen MR) is 56.4 cm³/mol. The Labute approximate surface area is 86.8 Å². The highest BCUT2D eigenvalue weighted by Crippen LogP contribution is 2.20. The van der Waals surface area contributed by atoms with E-state index in [9.17, 15) is 0 Å². The van der Waals surface area contributed by atoms with Crippen LogP contribution in [0, 0.1) is 0 Å². The molecule has 0 radical (unpaired) electrons. The van der Waals surface area contributed by atoms with Crippen LogP contribution in [0.4, 0.5) is 6.01 Å². The maximum Gasteiger partial charge on any atom is 0.315 e. The van der Waals surface area contributed by atoms with Gasteiger partial charge < -0.3 is 15.5 Å². The molecule has 5 nitrogen and oxygen atoms in total. The van der Waals surface area contributed by atoms with Gasteiger partial charge in [0, 0.05) is 24.8 Å². The van der Waals surface area contributed by atoms with E-state index in [0.29, 0.717) is 30.9 Å². The van der Waals surface area contributed by atoms with Crippen LogP contribution in [-0.4, -0.2) is 34.3 Å². The van der Waals surface area contributed by atoms with Gasteiger partial charge >= 0.3 is 6.01 Å². The van der Waals surface area contributed by atoms with Crippen molar-refractivity contribution in [3.8, 4) is 0 Å². The minimum Gasteiger partial charge on any atom is -0.408 e. The summed E-state index contributed by atoms with van der Waals surface area (Å²) in [7, 11) is 0. The van der Waals surface area contributed by atoms with E-state index in [1.807, 2.05) is 11.8 Å². The molecule has 1 aromatic rings. The van der Waals surface area contributed by atoms with Crippen molar-refractivity contribution >= 4 is 17.8 Å². The van der Waals surface area contributed by atoms with Crippen molar-refractivity contribution in [2.45, 2.75) is 18.9 Å². The molecule has 1 atom stereocenters. The number of nitrogens with zero attached hydrogens (tertiary/aromatic N) is 2. The molecule has 0 amide bonds. The number of aromatic nitrogens is 2. The van der Waals surface area contributed by atoms with Gasteiger partial charge in [-0.15, -0.1) is 5.10 Å². The summed E-state index contributed by atoms with van der Waals surface area (Å²) < 4.78 is 5.36. The largest absolute Gasteiger partial charge is 0.408 e. The van der Waals surface area contributed by atoms with E-state index >= 15 is 0 Å². The number of nitrogens with one attached hydrogen (secondary N) is 1. The zero-order valence-electron chi connectivity index (χ0n) is 7.90. The Kier molecular flexibility index (Phi) is 3.26. The molecule has 2 rings (SSSR count). The molecular formula is C8H14N4OS. The lowest BCUT2D eigenvalue weighted by molar-refractivity contribution is 0.501. The average Bonchev–Trinajstić information content (AvgIpc) is 2.79. The van der Waals surface area contributed by atoms with Crippen LogP contribution in [0.3, 0.4) is 0 Å². The Balaban J connectivity index is 1.88. The first-order chi connectivity index (χ1) is 6.88. The third-order valence-corrected chi connectivity index (χ3v) is 3.24. The predicted octanol–water partition coefficient (Wildman–Crippen LogP) is 0.488. The Bertz CT molecular complexity index is 285. The van der Waals surface area contributed by atoms with Crippen LogP contribution in [0.25, 0.3) is 0 Å². The number of rotatable bonds is 4. The summed E-state index contributed by atoms with van der Waals surface area (Å²) in [5, 5.41) is 11.0. The van der Waals surface area contributed by atoms with Crippen molar-refractivity contribution in [2.75, 3.05) is 23.4 Å². The molecule has 0 saturated carbocycles. The molecule has 1 saturated heterocycles. The van der Waals surface area contributed by atoms with Crippen molar-refractivity contribution in [1.29, 1.82) is 0 Å². The van der Waals surface area contributed by atoms with Crippen molar-refractivity contribution in [2.24, 2.45) is 5.73 Å². The van der Waals surface area contributed by atoms with Crippen molar-refractivity contribution in [3.63, 3.8) is 0 Å². The summed E-state index contributed by atoms with van der Waals surface area (Å²) in [5.41, 5.74) is 5.38. The van der Waals surface area contributed by atoms with Crippen LogP contribution in [0.1, 0.15) is 12.3 Å². The summed E-state index contributed by atoms with van der Waals surface area (Å²) in [4.78, 5) is 0. The van der Waals surface area contributed by atoms with Crippen LogP contribution in [0.15, 0.2) is 4.42 Å². The molecule has 0 aliphatic carbocycles. The first-order valence-corrected chi connectivity index (χ1v) is 5.90. The minimum absolute atomic E-state index is 0.478. The highest BCUT2D eigenvalue weighted by molar-refractivity contribution is 7.99. The Morgan fingerprint density at radius 3 is 3.21 bits per heavy atom.